The van der Waals surface area contributed by atoms with Gasteiger partial charge in [0, 0.05) is 13.1 Å². The fraction of sp³-hybridized carbons (Fsp3) is 0.417. The number of carbonyl (C=O) groups excluding carboxylic acids is 1. The maximum Gasteiger partial charge on any atom is 0.338 e. The summed E-state index contributed by atoms with van der Waals surface area (Å²) in [6.45, 7) is 3.80. The molecule has 4 N–H and O–H groups in total. The average Bonchev–Trinajstić information content (AvgIpc) is 2.35. The lowest BCUT2D eigenvalue weighted by atomic mass is 10.2. The van der Waals surface area contributed by atoms with E-state index in [2.05, 4.69) is 9.44 Å². The first-order valence-electron chi connectivity index (χ1n) is 6.12. The van der Waals surface area contributed by atoms with E-state index in [-0.39, 0.29) is 30.4 Å². The SMILES string of the molecule is CC(C)OC(=O)c1cccc(NS(=O)(=O)NCCN)c1. The molecule has 0 spiro atoms. The van der Waals surface area contributed by atoms with Gasteiger partial charge in [0.05, 0.1) is 17.4 Å². The highest BCUT2D eigenvalue weighted by Crippen LogP contribution is 2.13. The van der Waals surface area contributed by atoms with Gasteiger partial charge in [-0.3, -0.25) is 4.72 Å². The topological polar surface area (TPSA) is 111 Å². The summed E-state index contributed by atoms with van der Waals surface area (Å²) < 4.78 is 32.8. The quantitative estimate of drug-likeness (QED) is 0.634. The van der Waals surface area contributed by atoms with Crippen LogP contribution in [0.15, 0.2) is 24.3 Å². The zero-order chi connectivity index (χ0) is 15.2. The van der Waals surface area contributed by atoms with Crippen LogP contribution in [0.2, 0.25) is 0 Å². The maximum atomic E-state index is 11.7. The van der Waals surface area contributed by atoms with Crippen LogP contribution >= 0.6 is 0 Å². The number of hydrogen-bond donors (Lipinski definition) is 3. The van der Waals surface area contributed by atoms with Crippen molar-refractivity contribution in [3.8, 4) is 0 Å². The largest absolute Gasteiger partial charge is 0.459 e. The van der Waals surface area contributed by atoms with Crippen molar-refractivity contribution in [3.63, 3.8) is 0 Å². The zero-order valence-corrected chi connectivity index (χ0v) is 12.2. The summed E-state index contributed by atoms with van der Waals surface area (Å²) in [4.78, 5) is 11.7. The molecule has 0 radical (unpaired) electrons. The predicted octanol–water partition coefficient (Wildman–Crippen LogP) is 0.457. The highest BCUT2D eigenvalue weighted by atomic mass is 32.2. The van der Waals surface area contributed by atoms with E-state index in [1.165, 1.54) is 12.1 Å². The van der Waals surface area contributed by atoms with Crippen LogP contribution in [-0.2, 0) is 14.9 Å². The lowest BCUT2D eigenvalue weighted by Crippen LogP contribution is -2.33. The van der Waals surface area contributed by atoms with Crippen LogP contribution in [0.3, 0.4) is 0 Å². The molecule has 1 aromatic rings. The Morgan fingerprint density at radius 1 is 1.40 bits per heavy atom. The molecule has 0 aliphatic rings. The Kier molecular flexibility index (Phi) is 5.93. The highest BCUT2D eigenvalue weighted by Gasteiger charge is 2.12. The van der Waals surface area contributed by atoms with Gasteiger partial charge in [-0.05, 0) is 32.0 Å². The summed E-state index contributed by atoms with van der Waals surface area (Å²) >= 11 is 0. The molecule has 0 saturated carbocycles. The van der Waals surface area contributed by atoms with E-state index in [0.717, 1.165) is 0 Å². The Balaban J connectivity index is 2.81. The summed E-state index contributed by atoms with van der Waals surface area (Å²) in [6, 6.07) is 6.06. The van der Waals surface area contributed by atoms with Gasteiger partial charge >= 0.3 is 5.97 Å². The molecule has 7 nitrogen and oxygen atoms in total. The maximum absolute atomic E-state index is 11.7. The molecule has 0 saturated heterocycles. The van der Waals surface area contributed by atoms with Crippen molar-refractivity contribution in [3.05, 3.63) is 29.8 Å². The van der Waals surface area contributed by atoms with Gasteiger partial charge in [0.1, 0.15) is 0 Å². The van der Waals surface area contributed by atoms with E-state index in [4.69, 9.17) is 10.5 Å². The van der Waals surface area contributed by atoms with E-state index in [1.54, 1.807) is 26.0 Å². The minimum atomic E-state index is -3.69. The van der Waals surface area contributed by atoms with Crippen LogP contribution in [0.25, 0.3) is 0 Å². The normalized spacial score (nSPS) is 11.4. The lowest BCUT2D eigenvalue weighted by molar-refractivity contribution is 0.0378. The summed E-state index contributed by atoms with van der Waals surface area (Å²) in [7, 11) is -3.69. The van der Waals surface area contributed by atoms with Gasteiger partial charge in [0.2, 0.25) is 0 Å². The van der Waals surface area contributed by atoms with Crippen LogP contribution in [0.5, 0.6) is 0 Å². The van der Waals surface area contributed by atoms with Gasteiger partial charge in [0.25, 0.3) is 10.2 Å². The minimum absolute atomic E-state index is 0.129. The predicted molar refractivity (Wildman–Crippen MR) is 76.6 cm³/mol. The van der Waals surface area contributed by atoms with Crippen molar-refractivity contribution in [1.29, 1.82) is 0 Å². The second-order valence-corrected chi connectivity index (χ2v) is 5.82. The third-order valence-corrected chi connectivity index (χ3v) is 3.22. The molecule has 112 valence electrons. The molecule has 1 rings (SSSR count). The van der Waals surface area contributed by atoms with Crippen molar-refractivity contribution in [2.75, 3.05) is 17.8 Å². The van der Waals surface area contributed by atoms with E-state index >= 15 is 0 Å². The molecule has 0 bridgehead atoms. The number of ether oxygens (including phenoxy) is 1. The van der Waals surface area contributed by atoms with Crippen LogP contribution in [-0.4, -0.2) is 33.6 Å². The second kappa shape index (κ2) is 7.22. The molecular weight excluding hydrogens is 282 g/mol. The third kappa shape index (κ3) is 5.55. The minimum Gasteiger partial charge on any atom is -0.459 e. The first kappa shape index (κ1) is 16.4. The van der Waals surface area contributed by atoms with Crippen molar-refractivity contribution in [2.24, 2.45) is 5.73 Å². The first-order valence-corrected chi connectivity index (χ1v) is 7.61. The number of nitrogens with two attached hydrogens (primary N) is 1. The van der Waals surface area contributed by atoms with Gasteiger partial charge in [-0.2, -0.15) is 13.1 Å². The Morgan fingerprint density at radius 3 is 2.70 bits per heavy atom. The van der Waals surface area contributed by atoms with Gasteiger partial charge in [0.15, 0.2) is 0 Å². The number of carbonyl (C=O) groups is 1. The van der Waals surface area contributed by atoms with Crippen LogP contribution in [0.4, 0.5) is 5.69 Å². The van der Waals surface area contributed by atoms with Gasteiger partial charge in [-0.15, -0.1) is 0 Å². The Morgan fingerprint density at radius 2 is 2.10 bits per heavy atom. The Bertz CT molecular complexity index is 558. The highest BCUT2D eigenvalue weighted by molar-refractivity contribution is 7.90. The van der Waals surface area contributed by atoms with E-state index in [1.807, 2.05) is 0 Å². The van der Waals surface area contributed by atoms with Gasteiger partial charge < -0.3 is 10.5 Å². The summed E-state index contributed by atoms with van der Waals surface area (Å²) in [5.74, 6) is -0.504. The molecule has 0 heterocycles. The number of anilines is 1. The third-order valence-electron chi connectivity index (χ3n) is 2.13. The fourth-order valence-corrected chi connectivity index (χ4v) is 2.27. The molecule has 0 unspecified atom stereocenters. The first-order chi connectivity index (χ1) is 9.34. The molecule has 0 fully saturated rings. The van der Waals surface area contributed by atoms with Crippen molar-refractivity contribution >= 4 is 21.9 Å². The summed E-state index contributed by atoms with van der Waals surface area (Å²) in [5, 5.41) is 0. The van der Waals surface area contributed by atoms with E-state index in [0.29, 0.717) is 0 Å². The second-order valence-electron chi connectivity index (χ2n) is 4.32. The number of hydrogen-bond acceptors (Lipinski definition) is 5. The van der Waals surface area contributed by atoms with Crippen molar-refractivity contribution in [2.45, 2.75) is 20.0 Å². The molecule has 1 aromatic carbocycles. The molecule has 20 heavy (non-hydrogen) atoms. The smallest absolute Gasteiger partial charge is 0.338 e. The van der Waals surface area contributed by atoms with E-state index < -0.39 is 16.2 Å². The number of nitrogens with one attached hydrogen (secondary N) is 2. The van der Waals surface area contributed by atoms with Gasteiger partial charge in [-0.25, -0.2) is 4.79 Å². The molecule has 0 aromatic heterocycles. The van der Waals surface area contributed by atoms with Crippen molar-refractivity contribution in [1.82, 2.24) is 4.72 Å². The zero-order valence-electron chi connectivity index (χ0n) is 11.4. The van der Waals surface area contributed by atoms with Gasteiger partial charge in [-0.1, -0.05) is 6.07 Å². The Hall–Kier alpha value is -1.64. The molecule has 0 aliphatic carbocycles. The number of benzene rings is 1. The number of rotatable bonds is 7. The molecule has 0 amide bonds. The fourth-order valence-electron chi connectivity index (χ4n) is 1.38. The standard InChI is InChI=1S/C12H19N3O4S/c1-9(2)19-12(16)10-4-3-5-11(8-10)15-20(17,18)14-7-6-13/h3-5,8-9,14-15H,6-7,13H2,1-2H3. The lowest BCUT2D eigenvalue weighted by Gasteiger charge is -2.11. The monoisotopic (exact) mass is 301 g/mol. The molecule has 0 aliphatic heterocycles. The average molecular weight is 301 g/mol. The molecule has 0 atom stereocenters. The van der Waals surface area contributed by atoms with Crippen LogP contribution < -0.4 is 15.2 Å². The van der Waals surface area contributed by atoms with Crippen LogP contribution in [0, 0.1) is 0 Å². The number of esters is 1. The molecular formula is C12H19N3O4S. The molecule has 8 heteroatoms. The van der Waals surface area contributed by atoms with E-state index in [9.17, 15) is 13.2 Å². The van der Waals surface area contributed by atoms with Crippen molar-refractivity contribution < 1.29 is 17.9 Å². The van der Waals surface area contributed by atoms with Crippen LogP contribution in [0.1, 0.15) is 24.2 Å². The summed E-state index contributed by atoms with van der Waals surface area (Å²) in [6.07, 6.45) is -0.242. The Labute approximate surface area is 118 Å². The summed E-state index contributed by atoms with van der Waals surface area (Å²) in [5.41, 5.74) is 5.77.